The van der Waals surface area contributed by atoms with E-state index in [1.165, 1.54) is 5.56 Å². The van der Waals surface area contributed by atoms with Crippen LogP contribution in [0.1, 0.15) is 17.3 Å². The molecule has 0 amide bonds. The molecule has 1 N–H and O–H groups in total. The van der Waals surface area contributed by atoms with Crippen LogP contribution >= 0.6 is 11.3 Å². The van der Waals surface area contributed by atoms with Gasteiger partial charge in [-0.3, -0.25) is 4.99 Å². The largest absolute Gasteiger partial charge is 0.349 e. The number of aromatic nitrogens is 2. The maximum Gasteiger partial charge on any atom is 0.223 e. The van der Waals surface area contributed by atoms with Crippen molar-refractivity contribution in [3.05, 3.63) is 34.1 Å². The molecule has 6 nitrogen and oxygen atoms in total. The Kier molecular flexibility index (Phi) is 4.51. The first-order chi connectivity index (χ1) is 9.19. The number of guanidine groups is 1. The lowest BCUT2D eigenvalue weighted by Crippen LogP contribution is -2.38. The van der Waals surface area contributed by atoms with Crippen LogP contribution in [0.5, 0.6) is 0 Å². The summed E-state index contributed by atoms with van der Waals surface area (Å²) < 4.78 is 4.92. The summed E-state index contributed by atoms with van der Waals surface area (Å²) in [6, 6.07) is 2.11. The highest BCUT2D eigenvalue weighted by Crippen LogP contribution is 2.08. The van der Waals surface area contributed by atoms with E-state index in [-0.39, 0.29) is 0 Å². The van der Waals surface area contributed by atoms with Gasteiger partial charge in [-0.2, -0.15) is 16.3 Å². The van der Waals surface area contributed by atoms with E-state index in [2.05, 4.69) is 42.2 Å². The van der Waals surface area contributed by atoms with Gasteiger partial charge in [0.15, 0.2) is 11.8 Å². The Hall–Kier alpha value is -1.89. The Bertz CT molecular complexity index is 534. The monoisotopic (exact) mass is 279 g/mol. The molecule has 0 aliphatic rings. The number of thiophene rings is 1. The summed E-state index contributed by atoms with van der Waals surface area (Å²) in [5.74, 6) is 2.00. The van der Waals surface area contributed by atoms with Crippen LogP contribution in [0.25, 0.3) is 0 Å². The molecular formula is C12H17N5OS. The molecule has 0 aliphatic heterocycles. The van der Waals surface area contributed by atoms with Crippen molar-refractivity contribution in [2.45, 2.75) is 20.0 Å². The van der Waals surface area contributed by atoms with Crippen LogP contribution in [0, 0.1) is 6.92 Å². The third-order valence-electron chi connectivity index (χ3n) is 2.55. The van der Waals surface area contributed by atoms with Crippen LogP contribution < -0.4 is 5.32 Å². The van der Waals surface area contributed by atoms with Gasteiger partial charge in [-0.15, -0.1) is 0 Å². The molecule has 0 saturated carbocycles. The second kappa shape index (κ2) is 6.33. The minimum atomic E-state index is 0.498. The summed E-state index contributed by atoms with van der Waals surface area (Å²) in [4.78, 5) is 10.4. The molecule has 19 heavy (non-hydrogen) atoms. The van der Waals surface area contributed by atoms with E-state index in [0.717, 1.165) is 12.5 Å². The molecule has 0 bridgehead atoms. The van der Waals surface area contributed by atoms with Gasteiger partial charge in [-0.25, -0.2) is 0 Å². The molecule has 2 heterocycles. The summed E-state index contributed by atoms with van der Waals surface area (Å²) in [6.45, 7) is 3.08. The van der Waals surface area contributed by atoms with Crippen molar-refractivity contribution >= 4 is 17.3 Å². The maximum absolute atomic E-state index is 4.92. The first-order valence-corrected chi connectivity index (χ1v) is 6.85. The van der Waals surface area contributed by atoms with Gasteiger partial charge in [0.1, 0.15) is 0 Å². The summed E-state index contributed by atoms with van der Waals surface area (Å²) >= 11 is 1.69. The predicted molar refractivity (Wildman–Crippen MR) is 75.0 cm³/mol. The fourth-order valence-electron chi connectivity index (χ4n) is 1.69. The van der Waals surface area contributed by atoms with Gasteiger partial charge in [0, 0.05) is 27.6 Å². The molecular weight excluding hydrogens is 262 g/mol. The van der Waals surface area contributed by atoms with Crippen molar-refractivity contribution in [1.82, 2.24) is 20.4 Å². The average molecular weight is 279 g/mol. The summed E-state index contributed by atoms with van der Waals surface area (Å²) in [5, 5.41) is 11.2. The van der Waals surface area contributed by atoms with Gasteiger partial charge in [0.25, 0.3) is 0 Å². The molecule has 0 spiro atoms. The molecule has 0 saturated heterocycles. The van der Waals surface area contributed by atoms with Gasteiger partial charge >= 0.3 is 0 Å². The normalized spacial score (nSPS) is 11.6. The SMILES string of the molecule is CN=C(NCc1noc(C)n1)N(C)Cc1ccsc1. The fourth-order valence-corrected chi connectivity index (χ4v) is 2.35. The van der Waals surface area contributed by atoms with E-state index in [1.807, 2.05) is 7.05 Å². The first-order valence-electron chi connectivity index (χ1n) is 5.91. The number of nitrogens with zero attached hydrogens (tertiary/aromatic N) is 4. The Morgan fingerprint density at radius 1 is 1.58 bits per heavy atom. The van der Waals surface area contributed by atoms with Gasteiger partial charge < -0.3 is 14.7 Å². The number of rotatable bonds is 4. The molecule has 0 atom stereocenters. The zero-order valence-corrected chi connectivity index (χ0v) is 12.1. The molecule has 2 rings (SSSR count). The smallest absolute Gasteiger partial charge is 0.223 e. The van der Waals surface area contributed by atoms with Gasteiger partial charge in [0.05, 0.1) is 6.54 Å². The third-order valence-corrected chi connectivity index (χ3v) is 3.28. The Morgan fingerprint density at radius 3 is 3.00 bits per heavy atom. The second-order valence-corrected chi connectivity index (χ2v) is 4.90. The van der Waals surface area contributed by atoms with Crippen molar-refractivity contribution in [1.29, 1.82) is 0 Å². The van der Waals surface area contributed by atoms with Crippen molar-refractivity contribution in [2.75, 3.05) is 14.1 Å². The molecule has 7 heteroatoms. The molecule has 0 unspecified atom stereocenters. The Balaban J connectivity index is 1.89. The third kappa shape index (κ3) is 3.78. The predicted octanol–water partition coefficient (Wildman–Crippen LogP) is 1.65. The molecule has 0 fully saturated rings. The van der Waals surface area contributed by atoms with Crippen LogP contribution in [0.2, 0.25) is 0 Å². The van der Waals surface area contributed by atoms with Crippen LogP contribution in [-0.4, -0.2) is 35.1 Å². The van der Waals surface area contributed by atoms with Crippen molar-refractivity contribution in [2.24, 2.45) is 4.99 Å². The van der Waals surface area contributed by atoms with E-state index in [0.29, 0.717) is 18.3 Å². The molecule has 2 aromatic rings. The molecule has 0 aliphatic carbocycles. The zero-order chi connectivity index (χ0) is 13.7. The topological polar surface area (TPSA) is 66.5 Å². The van der Waals surface area contributed by atoms with Crippen LogP contribution in [0.4, 0.5) is 0 Å². The maximum atomic E-state index is 4.92. The standard InChI is InChI=1S/C12H17N5OS/c1-9-15-11(16-18-9)6-14-12(13-2)17(3)7-10-4-5-19-8-10/h4-5,8H,6-7H2,1-3H3,(H,13,14). The highest BCUT2D eigenvalue weighted by molar-refractivity contribution is 7.07. The zero-order valence-electron chi connectivity index (χ0n) is 11.3. The van der Waals surface area contributed by atoms with Crippen LogP contribution in [0.15, 0.2) is 26.3 Å². The minimum Gasteiger partial charge on any atom is -0.349 e. The van der Waals surface area contributed by atoms with Gasteiger partial charge in [-0.05, 0) is 22.4 Å². The quantitative estimate of drug-likeness (QED) is 0.681. The van der Waals surface area contributed by atoms with E-state index in [1.54, 1.807) is 25.3 Å². The number of aliphatic imine (C=N–C) groups is 1. The molecule has 0 radical (unpaired) electrons. The van der Waals surface area contributed by atoms with Crippen molar-refractivity contribution in [3.63, 3.8) is 0 Å². The first kappa shape index (κ1) is 13.5. The molecule has 2 aromatic heterocycles. The second-order valence-electron chi connectivity index (χ2n) is 4.12. The van der Waals surface area contributed by atoms with Crippen molar-refractivity contribution in [3.8, 4) is 0 Å². The van der Waals surface area contributed by atoms with Crippen molar-refractivity contribution < 1.29 is 4.52 Å². The van der Waals surface area contributed by atoms with E-state index < -0.39 is 0 Å². The van der Waals surface area contributed by atoms with E-state index in [4.69, 9.17) is 4.52 Å². The lowest BCUT2D eigenvalue weighted by atomic mass is 10.3. The number of nitrogens with one attached hydrogen (secondary N) is 1. The highest BCUT2D eigenvalue weighted by Gasteiger charge is 2.08. The summed E-state index contributed by atoms with van der Waals surface area (Å²) in [6.07, 6.45) is 0. The fraction of sp³-hybridized carbons (Fsp3) is 0.417. The van der Waals surface area contributed by atoms with Crippen LogP contribution in [-0.2, 0) is 13.1 Å². The minimum absolute atomic E-state index is 0.498. The number of hydrogen-bond donors (Lipinski definition) is 1. The lowest BCUT2D eigenvalue weighted by molar-refractivity contribution is 0.386. The number of hydrogen-bond acceptors (Lipinski definition) is 5. The van der Waals surface area contributed by atoms with E-state index >= 15 is 0 Å². The van der Waals surface area contributed by atoms with Crippen LogP contribution in [0.3, 0.4) is 0 Å². The molecule has 0 aromatic carbocycles. The lowest BCUT2D eigenvalue weighted by Gasteiger charge is -2.20. The Labute approximate surface area is 116 Å². The Morgan fingerprint density at radius 2 is 2.42 bits per heavy atom. The van der Waals surface area contributed by atoms with Gasteiger partial charge in [-0.1, -0.05) is 5.16 Å². The highest BCUT2D eigenvalue weighted by atomic mass is 32.1. The van der Waals surface area contributed by atoms with E-state index in [9.17, 15) is 0 Å². The number of aryl methyl sites for hydroxylation is 1. The summed E-state index contributed by atoms with van der Waals surface area (Å²) in [7, 11) is 3.75. The molecule has 102 valence electrons. The van der Waals surface area contributed by atoms with Gasteiger partial charge in [0.2, 0.25) is 5.89 Å². The average Bonchev–Trinajstić information content (AvgIpc) is 3.02. The summed E-state index contributed by atoms with van der Waals surface area (Å²) in [5.41, 5.74) is 1.27.